The van der Waals surface area contributed by atoms with Crippen LogP contribution in [0, 0.1) is 0 Å². The first-order valence-electron chi connectivity index (χ1n) is 6.63. The molecule has 0 radical (unpaired) electrons. The summed E-state index contributed by atoms with van der Waals surface area (Å²) in [5.74, 6) is 0.304. The molecular formula is C14H15N3OS2. The predicted octanol–water partition coefficient (Wildman–Crippen LogP) is 2.79. The highest BCUT2D eigenvalue weighted by Crippen LogP contribution is 2.18. The van der Waals surface area contributed by atoms with Gasteiger partial charge < -0.3 is 4.90 Å². The standard InChI is InChI=1S/C14H15N3OS2/c18-13(10-20-14(19)16-7-3-4-8-16)17-12-6-2-1-5-11(12)9-15-17/h1-2,5-6,9H,3-4,7-8,10H2. The second kappa shape index (κ2) is 5.93. The highest BCUT2D eigenvalue weighted by atomic mass is 32.2. The number of benzene rings is 1. The molecule has 4 nitrogen and oxygen atoms in total. The molecule has 1 aliphatic heterocycles. The van der Waals surface area contributed by atoms with E-state index in [9.17, 15) is 4.79 Å². The van der Waals surface area contributed by atoms with Crippen molar-refractivity contribution in [1.82, 2.24) is 14.7 Å². The fourth-order valence-corrected chi connectivity index (χ4v) is 3.44. The average molecular weight is 305 g/mol. The summed E-state index contributed by atoms with van der Waals surface area (Å²) in [6.07, 6.45) is 4.10. The van der Waals surface area contributed by atoms with Crippen LogP contribution >= 0.6 is 24.0 Å². The monoisotopic (exact) mass is 305 g/mol. The maximum atomic E-state index is 12.2. The summed E-state index contributed by atoms with van der Waals surface area (Å²) in [5, 5.41) is 5.15. The minimum Gasteiger partial charge on any atom is -0.358 e. The highest BCUT2D eigenvalue weighted by Gasteiger charge is 2.17. The van der Waals surface area contributed by atoms with Crippen molar-refractivity contribution in [1.29, 1.82) is 0 Å². The van der Waals surface area contributed by atoms with Gasteiger partial charge in [0.1, 0.15) is 4.32 Å². The zero-order valence-electron chi connectivity index (χ0n) is 11.0. The number of carbonyl (C=O) groups excluding carboxylic acids is 1. The van der Waals surface area contributed by atoms with Gasteiger partial charge in [0, 0.05) is 18.5 Å². The van der Waals surface area contributed by atoms with Crippen LogP contribution in [0.2, 0.25) is 0 Å². The number of hydrogen-bond donors (Lipinski definition) is 0. The van der Waals surface area contributed by atoms with Gasteiger partial charge in [-0.05, 0) is 18.9 Å². The summed E-state index contributed by atoms with van der Waals surface area (Å²) in [6, 6.07) is 7.71. The average Bonchev–Trinajstić information content (AvgIpc) is 3.13. The van der Waals surface area contributed by atoms with Gasteiger partial charge >= 0.3 is 0 Å². The highest BCUT2D eigenvalue weighted by molar-refractivity contribution is 8.23. The second-order valence-electron chi connectivity index (χ2n) is 4.76. The Hall–Kier alpha value is -1.40. The molecule has 20 heavy (non-hydrogen) atoms. The van der Waals surface area contributed by atoms with Crippen LogP contribution in [0.1, 0.15) is 17.6 Å². The minimum atomic E-state index is -0.0299. The topological polar surface area (TPSA) is 38.1 Å². The van der Waals surface area contributed by atoms with Crippen molar-refractivity contribution < 1.29 is 4.79 Å². The van der Waals surface area contributed by atoms with E-state index in [-0.39, 0.29) is 5.91 Å². The Morgan fingerprint density at radius 1 is 1.30 bits per heavy atom. The SMILES string of the molecule is O=C(CSC(=S)N1CCCC1)n1ncc2ccccc21. The normalized spacial score (nSPS) is 14.9. The zero-order valence-corrected chi connectivity index (χ0v) is 12.6. The first-order chi connectivity index (χ1) is 9.75. The number of aromatic nitrogens is 2. The summed E-state index contributed by atoms with van der Waals surface area (Å²) in [6.45, 7) is 2.04. The smallest absolute Gasteiger partial charge is 0.257 e. The van der Waals surface area contributed by atoms with E-state index < -0.39 is 0 Å². The van der Waals surface area contributed by atoms with Crippen molar-refractivity contribution in [3.8, 4) is 0 Å². The largest absolute Gasteiger partial charge is 0.358 e. The maximum absolute atomic E-state index is 12.2. The lowest BCUT2D eigenvalue weighted by molar-refractivity contribution is 0.0932. The summed E-state index contributed by atoms with van der Waals surface area (Å²) in [4.78, 5) is 14.4. The van der Waals surface area contributed by atoms with Crippen molar-refractivity contribution in [3.05, 3.63) is 30.5 Å². The lowest BCUT2D eigenvalue weighted by atomic mass is 10.3. The summed E-state index contributed by atoms with van der Waals surface area (Å²) in [7, 11) is 0. The third-order valence-electron chi connectivity index (χ3n) is 3.40. The maximum Gasteiger partial charge on any atom is 0.257 e. The number of carbonyl (C=O) groups is 1. The zero-order chi connectivity index (χ0) is 13.9. The van der Waals surface area contributed by atoms with Crippen LogP contribution in [0.5, 0.6) is 0 Å². The van der Waals surface area contributed by atoms with E-state index in [4.69, 9.17) is 12.2 Å². The molecule has 0 unspecified atom stereocenters. The van der Waals surface area contributed by atoms with Crippen molar-refractivity contribution in [3.63, 3.8) is 0 Å². The van der Waals surface area contributed by atoms with E-state index in [0.29, 0.717) is 5.75 Å². The van der Waals surface area contributed by atoms with E-state index in [1.54, 1.807) is 6.20 Å². The Kier molecular flexibility index (Phi) is 4.03. The molecule has 2 heterocycles. The van der Waals surface area contributed by atoms with Crippen LogP contribution in [0.25, 0.3) is 10.9 Å². The van der Waals surface area contributed by atoms with Crippen molar-refractivity contribution in [2.45, 2.75) is 12.8 Å². The van der Waals surface area contributed by atoms with Gasteiger partial charge in [0.15, 0.2) is 0 Å². The van der Waals surface area contributed by atoms with Gasteiger partial charge in [-0.15, -0.1) is 0 Å². The number of likely N-dealkylation sites (tertiary alicyclic amines) is 1. The van der Waals surface area contributed by atoms with E-state index in [1.807, 2.05) is 24.3 Å². The number of para-hydroxylation sites is 1. The molecule has 0 bridgehead atoms. The first-order valence-corrected chi connectivity index (χ1v) is 8.03. The molecule has 1 fully saturated rings. The van der Waals surface area contributed by atoms with Gasteiger partial charge in [-0.2, -0.15) is 9.78 Å². The van der Waals surface area contributed by atoms with Crippen molar-refractivity contribution in [2.75, 3.05) is 18.8 Å². The van der Waals surface area contributed by atoms with E-state index >= 15 is 0 Å². The molecule has 1 aromatic carbocycles. The van der Waals surface area contributed by atoms with E-state index in [1.165, 1.54) is 29.3 Å². The molecule has 0 amide bonds. The van der Waals surface area contributed by atoms with Crippen LogP contribution in [0.15, 0.2) is 30.5 Å². The Balaban J connectivity index is 1.66. The minimum absolute atomic E-state index is 0.0299. The third-order valence-corrected chi connectivity index (χ3v) is 4.91. The van der Waals surface area contributed by atoms with Gasteiger partial charge in [0.2, 0.25) is 0 Å². The molecule has 1 aliphatic rings. The van der Waals surface area contributed by atoms with Gasteiger partial charge in [-0.3, -0.25) is 4.79 Å². The van der Waals surface area contributed by atoms with Crippen LogP contribution in [-0.4, -0.2) is 43.8 Å². The first kappa shape index (κ1) is 13.6. The van der Waals surface area contributed by atoms with Crippen LogP contribution in [0.4, 0.5) is 0 Å². The third kappa shape index (κ3) is 2.71. The Labute approximate surface area is 127 Å². The Bertz CT molecular complexity index is 647. The Morgan fingerprint density at radius 2 is 2.05 bits per heavy atom. The molecule has 0 spiro atoms. The predicted molar refractivity (Wildman–Crippen MR) is 86.2 cm³/mol. The lowest BCUT2D eigenvalue weighted by Gasteiger charge is -2.17. The summed E-state index contributed by atoms with van der Waals surface area (Å²) in [5.41, 5.74) is 0.852. The van der Waals surface area contributed by atoms with Gasteiger partial charge in [0.05, 0.1) is 17.5 Å². The number of nitrogens with zero attached hydrogens (tertiary/aromatic N) is 3. The number of thioether (sulfide) groups is 1. The van der Waals surface area contributed by atoms with Gasteiger partial charge in [-0.1, -0.05) is 42.2 Å². The summed E-state index contributed by atoms with van der Waals surface area (Å²) >= 11 is 6.80. The fourth-order valence-electron chi connectivity index (χ4n) is 2.35. The van der Waals surface area contributed by atoms with Crippen molar-refractivity contribution >= 4 is 45.1 Å². The van der Waals surface area contributed by atoms with Gasteiger partial charge in [-0.25, -0.2) is 0 Å². The number of hydrogen-bond acceptors (Lipinski definition) is 4. The molecule has 3 rings (SSSR count). The quantitative estimate of drug-likeness (QED) is 0.798. The molecule has 6 heteroatoms. The van der Waals surface area contributed by atoms with E-state index in [2.05, 4.69) is 10.00 Å². The van der Waals surface area contributed by atoms with Crippen LogP contribution < -0.4 is 0 Å². The van der Waals surface area contributed by atoms with E-state index in [0.717, 1.165) is 28.3 Å². The van der Waals surface area contributed by atoms with Crippen LogP contribution in [-0.2, 0) is 0 Å². The number of fused-ring (bicyclic) bond motifs is 1. The molecule has 0 atom stereocenters. The fraction of sp³-hybridized carbons (Fsp3) is 0.357. The summed E-state index contributed by atoms with van der Waals surface area (Å²) < 4.78 is 2.29. The molecule has 1 saturated heterocycles. The van der Waals surface area contributed by atoms with Crippen molar-refractivity contribution in [2.24, 2.45) is 0 Å². The molecule has 0 aliphatic carbocycles. The Morgan fingerprint density at radius 3 is 2.85 bits per heavy atom. The number of rotatable bonds is 2. The molecule has 1 aromatic heterocycles. The number of thiocarbonyl (C=S) groups is 1. The lowest BCUT2D eigenvalue weighted by Crippen LogP contribution is -2.25. The molecule has 104 valence electrons. The molecule has 0 N–H and O–H groups in total. The second-order valence-corrected chi connectivity index (χ2v) is 6.37. The molecule has 2 aromatic rings. The van der Waals surface area contributed by atoms with Crippen LogP contribution in [0.3, 0.4) is 0 Å². The van der Waals surface area contributed by atoms with Gasteiger partial charge in [0.25, 0.3) is 5.91 Å². The molecule has 0 saturated carbocycles. The molecular weight excluding hydrogens is 290 g/mol.